The average molecular weight is 729 g/mol. The Labute approximate surface area is 307 Å². The Bertz CT molecular complexity index is 1810. The van der Waals surface area contributed by atoms with E-state index in [2.05, 4.69) is 31.6 Å². The molecular formula is C38H48N8O7. The number of nitrogens with two attached hydrogens (primary N) is 1. The summed E-state index contributed by atoms with van der Waals surface area (Å²) in [6.07, 6.45) is 5.40. The van der Waals surface area contributed by atoms with E-state index in [1.807, 2.05) is 30.5 Å². The van der Waals surface area contributed by atoms with Crippen LogP contribution in [0.3, 0.4) is 0 Å². The average Bonchev–Trinajstić information content (AvgIpc) is 3.57. The van der Waals surface area contributed by atoms with Gasteiger partial charge in [0.05, 0.1) is 25.6 Å². The lowest BCUT2D eigenvalue weighted by atomic mass is 9.95. The van der Waals surface area contributed by atoms with Crippen molar-refractivity contribution >= 4 is 46.3 Å². The van der Waals surface area contributed by atoms with E-state index in [9.17, 15) is 28.8 Å². The minimum Gasteiger partial charge on any atom is -0.378 e. The number of para-hydroxylation sites is 1. The van der Waals surface area contributed by atoms with Gasteiger partial charge in [-0.05, 0) is 42.0 Å². The molecule has 1 fully saturated rings. The largest absolute Gasteiger partial charge is 0.378 e. The number of amides is 6. The third-order valence-electron chi connectivity index (χ3n) is 9.33. The summed E-state index contributed by atoms with van der Waals surface area (Å²) in [5, 5.41) is 15.0. The maximum atomic E-state index is 13.9. The number of carbonyl (C=O) groups excluding carboxylic acids is 6. The van der Waals surface area contributed by atoms with Crippen LogP contribution in [0.2, 0.25) is 0 Å². The normalized spacial score (nSPS) is 21.6. The Hall–Kier alpha value is -5.54. The van der Waals surface area contributed by atoms with Crippen molar-refractivity contribution < 1.29 is 33.5 Å². The second-order valence-electron chi connectivity index (χ2n) is 13.1. The van der Waals surface area contributed by atoms with E-state index in [0.29, 0.717) is 43.7 Å². The quantitative estimate of drug-likeness (QED) is 0.156. The van der Waals surface area contributed by atoms with E-state index in [0.717, 1.165) is 28.6 Å². The van der Waals surface area contributed by atoms with Gasteiger partial charge in [-0.3, -0.25) is 28.8 Å². The molecule has 1 saturated heterocycles. The highest BCUT2D eigenvalue weighted by atomic mass is 16.5. The van der Waals surface area contributed by atoms with Gasteiger partial charge in [0.2, 0.25) is 35.4 Å². The van der Waals surface area contributed by atoms with E-state index in [1.165, 1.54) is 4.90 Å². The number of piperidine rings is 1. The first-order valence-corrected chi connectivity index (χ1v) is 18.0. The minimum absolute atomic E-state index is 0.0354. The second-order valence-corrected chi connectivity index (χ2v) is 13.1. The fourth-order valence-corrected chi connectivity index (χ4v) is 6.51. The van der Waals surface area contributed by atoms with Crippen LogP contribution in [0.5, 0.6) is 0 Å². The Morgan fingerprint density at radius 2 is 1.70 bits per heavy atom. The standard InChI is InChI=1S/C38H48N8O7/c39-14-18-53-19-16-41-37(51)31-13-15-40-33(47)11-12-35(49)46-17-5-8-27(24-46)36(50)45-32(20-28-23-42-30-10-4-3-9-29(28)30)38(52)43-22-26-7-2-1-6-25(26)21-34(48)44-31/h1-4,6-7,9-12,23,27,31-32,42H,5,8,13-22,24,39H2,(H,40,47)(H,41,51)(H,43,52)(H,44,48)(H,45,50)/b12-11+/t27-,31+,32+/m1/s1. The molecule has 3 atom stereocenters. The lowest BCUT2D eigenvalue weighted by Gasteiger charge is -2.32. The fourth-order valence-electron chi connectivity index (χ4n) is 6.51. The minimum atomic E-state index is -0.980. The first-order valence-electron chi connectivity index (χ1n) is 18.0. The monoisotopic (exact) mass is 728 g/mol. The van der Waals surface area contributed by atoms with E-state index in [-0.39, 0.29) is 58.0 Å². The van der Waals surface area contributed by atoms with Crippen LogP contribution in [-0.2, 0) is 52.9 Å². The van der Waals surface area contributed by atoms with Crippen LogP contribution in [0, 0.1) is 5.92 Å². The zero-order chi connectivity index (χ0) is 37.6. The van der Waals surface area contributed by atoms with Crippen molar-refractivity contribution in [1.82, 2.24) is 36.5 Å². The van der Waals surface area contributed by atoms with E-state index in [4.69, 9.17) is 10.5 Å². The molecule has 1 aromatic heterocycles. The summed E-state index contributed by atoms with van der Waals surface area (Å²) in [5.41, 5.74) is 8.53. The van der Waals surface area contributed by atoms with Gasteiger partial charge >= 0.3 is 0 Å². The number of hydrogen-bond acceptors (Lipinski definition) is 8. The van der Waals surface area contributed by atoms with Gasteiger partial charge < -0.3 is 46.9 Å². The van der Waals surface area contributed by atoms with Crippen LogP contribution in [-0.4, -0.2) is 103 Å². The van der Waals surface area contributed by atoms with Gasteiger partial charge in [0.15, 0.2) is 0 Å². The van der Waals surface area contributed by atoms with E-state index in [1.54, 1.807) is 24.3 Å². The van der Waals surface area contributed by atoms with Crippen LogP contribution >= 0.6 is 0 Å². The predicted molar refractivity (Wildman–Crippen MR) is 197 cm³/mol. The molecule has 3 heterocycles. The van der Waals surface area contributed by atoms with Crippen LogP contribution in [0.1, 0.15) is 36.0 Å². The Morgan fingerprint density at radius 3 is 2.53 bits per heavy atom. The number of nitrogens with one attached hydrogen (secondary N) is 6. The SMILES string of the molecule is NCCOCCNC(=O)[C@@H]1CCNC(=O)/C=C/C(=O)N2CCC[C@H](C2)C(=O)N[C@@H](Cc2c[nH]c3ccccc23)C(=O)NCc2ccccc2CC(=O)N1. The van der Waals surface area contributed by atoms with Gasteiger partial charge in [-0.25, -0.2) is 0 Å². The first kappa shape index (κ1) is 38.7. The number of fused-ring (bicyclic) bond motifs is 4. The smallest absolute Gasteiger partial charge is 0.246 e. The molecule has 15 nitrogen and oxygen atoms in total. The Kier molecular flexibility index (Phi) is 14.1. The zero-order valence-corrected chi connectivity index (χ0v) is 29.7. The molecule has 0 spiro atoms. The number of ether oxygens (including phenoxy) is 1. The lowest BCUT2D eigenvalue weighted by Crippen LogP contribution is -2.52. The molecule has 0 saturated carbocycles. The molecule has 2 aliphatic rings. The summed E-state index contributed by atoms with van der Waals surface area (Å²) in [6.45, 7) is 1.80. The topological polar surface area (TPSA) is 217 Å². The van der Waals surface area contributed by atoms with Gasteiger partial charge in [0.1, 0.15) is 12.1 Å². The molecule has 6 amide bonds. The molecule has 0 unspecified atom stereocenters. The first-order chi connectivity index (χ1) is 25.7. The summed E-state index contributed by atoms with van der Waals surface area (Å²) < 4.78 is 5.33. The molecule has 5 rings (SSSR count). The number of H-pyrrole nitrogens is 1. The van der Waals surface area contributed by atoms with Crippen molar-refractivity contribution in [1.29, 1.82) is 0 Å². The van der Waals surface area contributed by atoms with Gasteiger partial charge in [0, 0.05) is 74.9 Å². The second kappa shape index (κ2) is 19.3. The van der Waals surface area contributed by atoms with Crippen LogP contribution in [0.4, 0.5) is 0 Å². The maximum absolute atomic E-state index is 13.9. The highest BCUT2D eigenvalue weighted by molar-refractivity contribution is 5.97. The van der Waals surface area contributed by atoms with Crippen LogP contribution in [0.25, 0.3) is 10.9 Å². The van der Waals surface area contributed by atoms with Crippen molar-refractivity contribution in [3.8, 4) is 0 Å². The highest BCUT2D eigenvalue weighted by Gasteiger charge is 2.31. The van der Waals surface area contributed by atoms with E-state index >= 15 is 0 Å². The van der Waals surface area contributed by atoms with Gasteiger partial charge in [0.25, 0.3) is 0 Å². The van der Waals surface area contributed by atoms with Crippen LogP contribution in [0.15, 0.2) is 66.9 Å². The molecule has 3 aromatic rings. The van der Waals surface area contributed by atoms with Crippen molar-refractivity contribution in [3.63, 3.8) is 0 Å². The van der Waals surface area contributed by atoms with Crippen molar-refractivity contribution in [3.05, 3.63) is 83.6 Å². The molecule has 282 valence electrons. The maximum Gasteiger partial charge on any atom is 0.246 e. The van der Waals surface area contributed by atoms with Gasteiger partial charge in [-0.15, -0.1) is 0 Å². The molecule has 2 bridgehead atoms. The number of nitrogens with zero attached hydrogens (tertiary/aromatic N) is 1. The number of benzene rings is 2. The number of aromatic amines is 1. The predicted octanol–water partition coefficient (Wildman–Crippen LogP) is -0.0549. The molecule has 0 radical (unpaired) electrons. The lowest BCUT2D eigenvalue weighted by molar-refractivity contribution is -0.135. The third kappa shape index (κ3) is 11.2. The fraction of sp³-hybridized carbons (Fsp3) is 0.421. The summed E-state index contributed by atoms with van der Waals surface area (Å²) >= 11 is 0. The third-order valence-corrected chi connectivity index (χ3v) is 9.33. The number of carbonyl (C=O) groups is 6. The zero-order valence-electron chi connectivity index (χ0n) is 29.7. The molecule has 53 heavy (non-hydrogen) atoms. The molecule has 2 aromatic carbocycles. The molecule has 0 aliphatic carbocycles. The summed E-state index contributed by atoms with van der Waals surface area (Å²) in [6, 6.07) is 12.9. The summed E-state index contributed by atoms with van der Waals surface area (Å²) in [7, 11) is 0. The van der Waals surface area contributed by atoms with Crippen LogP contribution < -0.4 is 32.3 Å². The molecule has 8 N–H and O–H groups in total. The molecule has 2 aliphatic heterocycles. The van der Waals surface area contributed by atoms with Gasteiger partial charge in [-0.1, -0.05) is 42.5 Å². The number of aromatic nitrogens is 1. The van der Waals surface area contributed by atoms with E-state index < -0.39 is 47.5 Å². The molecule has 15 heteroatoms. The Balaban J connectivity index is 1.38. The highest BCUT2D eigenvalue weighted by Crippen LogP contribution is 2.21. The van der Waals surface area contributed by atoms with Crippen molar-refractivity contribution in [2.24, 2.45) is 11.7 Å². The number of rotatable bonds is 8. The summed E-state index contributed by atoms with van der Waals surface area (Å²) in [4.78, 5) is 84.5. The Morgan fingerprint density at radius 1 is 0.906 bits per heavy atom. The van der Waals surface area contributed by atoms with Crippen molar-refractivity contribution in [2.45, 2.75) is 50.7 Å². The number of hydrogen-bond donors (Lipinski definition) is 7. The van der Waals surface area contributed by atoms with Crippen molar-refractivity contribution in [2.75, 3.05) is 45.9 Å². The van der Waals surface area contributed by atoms with Gasteiger partial charge in [-0.2, -0.15) is 0 Å². The molecular weight excluding hydrogens is 680 g/mol. The summed E-state index contributed by atoms with van der Waals surface area (Å²) in [5.74, 6) is -3.17.